The Bertz CT molecular complexity index is 1290. The van der Waals surface area contributed by atoms with Crippen LogP contribution in [0.2, 0.25) is 5.02 Å². The Morgan fingerprint density at radius 1 is 1.15 bits per heavy atom. The molecule has 1 aromatic heterocycles. The number of ketones is 1. The molecule has 0 bridgehead atoms. The maximum Gasteiger partial charge on any atom is 0.160 e. The van der Waals surface area contributed by atoms with E-state index in [0.717, 1.165) is 38.4 Å². The second-order valence-electron chi connectivity index (χ2n) is 9.63. The molecule has 0 radical (unpaired) electrons. The fourth-order valence-electron chi connectivity index (χ4n) is 4.77. The fourth-order valence-corrected chi connectivity index (χ4v) is 5.04. The van der Waals surface area contributed by atoms with Crippen LogP contribution in [0.25, 0.3) is 10.4 Å². The first-order valence-electron chi connectivity index (χ1n) is 13.5. The van der Waals surface area contributed by atoms with Gasteiger partial charge >= 0.3 is 0 Å². The molecule has 1 atom stereocenters. The molecule has 0 amide bonds. The lowest BCUT2D eigenvalue weighted by Crippen LogP contribution is -2.49. The second-order valence-corrected chi connectivity index (χ2v) is 10.0. The molecule has 2 aliphatic heterocycles. The highest BCUT2D eigenvalue weighted by atomic mass is 35.5. The number of Topliss-reactive ketones (excluding diaryl/α,β-unsaturated/α-hetero) is 1. The Kier molecular flexibility index (Phi) is 11.6. The molecule has 2 aromatic rings. The van der Waals surface area contributed by atoms with Gasteiger partial charge in [0.1, 0.15) is 17.6 Å². The van der Waals surface area contributed by atoms with Crippen LogP contribution in [0.1, 0.15) is 24.2 Å². The van der Waals surface area contributed by atoms with Crippen LogP contribution in [0, 0.1) is 5.82 Å². The van der Waals surface area contributed by atoms with Crippen molar-refractivity contribution in [3.05, 3.63) is 86.4 Å². The summed E-state index contributed by atoms with van der Waals surface area (Å²) in [6.07, 6.45) is 1.69. The minimum Gasteiger partial charge on any atom is -0.379 e. The number of aromatic nitrogens is 1. The summed E-state index contributed by atoms with van der Waals surface area (Å²) < 4.78 is 24.9. The van der Waals surface area contributed by atoms with Gasteiger partial charge in [-0.2, -0.15) is 0 Å². The van der Waals surface area contributed by atoms with Crippen LogP contribution >= 0.6 is 11.6 Å². The van der Waals surface area contributed by atoms with Crippen LogP contribution in [0.4, 0.5) is 4.39 Å². The maximum absolute atomic E-state index is 13.9. The summed E-state index contributed by atoms with van der Waals surface area (Å²) in [6, 6.07) is 9.03. The number of aliphatic imine (C=N–C) groups is 1. The van der Waals surface area contributed by atoms with E-state index in [1.54, 1.807) is 12.3 Å². The minimum absolute atomic E-state index is 0.126. The number of ether oxygens (including phenoxy) is 2. The summed E-state index contributed by atoms with van der Waals surface area (Å²) in [6.45, 7) is 8.48. The summed E-state index contributed by atoms with van der Waals surface area (Å²) in [5.41, 5.74) is 10.7. The molecule has 0 spiro atoms. The molecule has 1 aromatic carbocycles. The SMILES string of the molecule is CC(=O)C1=C(CN2CCN(CCOCCOCCN=[N+]=[N-])CC2)NC(c2ccccn2)=NC1c1ccc(F)cc1Cl. The molecule has 13 heteroatoms. The highest BCUT2D eigenvalue weighted by molar-refractivity contribution is 6.31. The van der Waals surface area contributed by atoms with Gasteiger partial charge in [0.2, 0.25) is 0 Å². The lowest BCUT2D eigenvalue weighted by Gasteiger charge is -2.36. The van der Waals surface area contributed by atoms with E-state index in [1.807, 2.05) is 18.2 Å². The predicted octanol–water partition coefficient (Wildman–Crippen LogP) is 3.77. The van der Waals surface area contributed by atoms with Gasteiger partial charge in [-0.05, 0) is 36.7 Å². The van der Waals surface area contributed by atoms with Crippen molar-refractivity contribution < 1.29 is 18.7 Å². The molecular formula is C28H34ClFN8O3. The summed E-state index contributed by atoms with van der Waals surface area (Å²) in [4.78, 5) is 29.6. The van der Waals surface area contributed by atoms with Crippen molar-refractivity contribution in [2.45, 2.75) is 13.0 Å². The molecule has 2 aliphatic rings. The number of piperazine rings is 1. The zero-order valence-electron chi connectivity index (χ0n) is 23.0. The summed E-state index contributed by atoms with van der Waals surface area (Å²) in [5.74, 6) is -0.0400. The lowest BCUT2D eigenvalue weighted by molar-refractivity contribution is -0.114. The maximum atomic E-state index is 13.9. The van der Waals surface area contributed by atoms with Crippen LogP contribution in [0.3, 0.4) is 0 Å². The Labute approximate surface area is 243 Å². The molecule has 0 saturated carbocycles. The number of nitrogens with one attached hydrogen (secondary N) is 1. The Balaban J connectivity index is 1.39. The summed E-state index contributed by atoms with van der Waals surface area (Å²) in [5, 5.41) is 7.01. The number of carbonyl (C=O) groups excluding carboxylic acids is 1. The van der Waals surface area contributed by atoms with Gasteiger partial charge in [-0.25, -0.2) is 4.39 Å². The van der Waals surface area contributed by atoms with Crippen LogP contribution in [0.15, 0.2) is 64.0 Å². The van der Waals surface area contributed by atoms with Crippen molar-refractivity contribution in [1.82, 2.24) is 20.1 Å². The monoisotopic (exact) mass is 584 g/mol. The number of amidine groups is 1. The normalized spacial score (nSPS) is 18.0. The van der Waals surface area contributed by atoms with E-state index in [0.29, 0.717) is 62.2 Å². The molecule has 218 valence electrons. The Morgan fingerprint density at radius 3 is 2.59 bits per heavy atom. The smallest absolute Gasteiger partial charge is 0.160 e. The zero-order valence-corrected chi connectivity index (χ0v) is 23.8. The van der Waals surface area contributed by atoms with Gasteiger partial charge in [0.25, 0.3) is 0 Å². The molecular weight excluding hydrogens is 551 g/mol. The zero-order chi connectivity index (χ0) is 29.0. The van der Waals surface area contributed by atoms with E-state index in [-0.39, 0.29) is 10.8 Å². The first-order chi connectivity index (χ1) is 20.0. The number of halogens is 2. The van der Waals surface area contributed by atoms with Gasteiger partial charge in [0.15, 0.2) is 11.6 Å². The molecule has 1 unspecified atom stereocenters. The van der Waals surface area contributed by atoms with Crippen molar-refractivity contribution >= 4 is 23.2 Å². The minimum atomic E-state index is -0.685. The van der Waals surface area contributed by atoms with Gasteiger partial charge in [-0.15, -0.1) is 0 Å². The van der Waals surface area contributed by atoms with Crippen molar-refractivity contribution in [3.8, 4) is 0 Å². The topological polar surface area (TPSA) is 128 Å². The van der Waals surface area contributed by atoms with Gasteiger partial charge in [-0.1, -0.05) is 28.8 Å². The molecule has 3 heterocycles. The molecule has 1 fully saturated rings. The number of pyridine rings is 1. The third-order valence-electron chi connectivity index (χ3n) is 6.84. The van der Waals surface area contributed by atoms with Crippen molar-refractivity contribution in [2.75, 3.05) is 72.2 Å². The number of hydrogen-bond acceptors (Lipinski definition) is 9. The highest BCUT2D eigenvalue weighted by Crippen LogP contribution is 2.36. The fraction of sp³-hybridized carbons (Fsp3) is 0.464. The van der Waals surface area contributed by atoms with Crippen molar-refractivity contribution in [1.29, 1.82) is 0 Å². The molecule has 1 saturated heterocycles. The number of hydrogen-bond donors (Lipinski definition) is 1. The summed E-state index contributed by atoms with van der Waals surface area (Å²) >= 11 is 6.45. The molecule has 1 N–H and O–H groups in total. The molecule has 11 nitrogen and oxygen atoms in total. The average Bonchev–Trinajstić information content (AvgIpc) is 2.97. The predicted molar refractivity (Wildman–Crippen MR) is 154 cm³/mol. The number of azide groups is 1. The van der Waals surface area contributed by atoms with Gasteiger partial charge in [0, 0.05) is 78.8 Å². The Morgan fingerprint density at radius 2 is 1.90 bits per heavy atom. The van der Waals surface area contributed by atoms with Gasteiger partial charge in [0.05, 0.1) is 26.4 Å². The summed E-state index contributed by atoms with van der Waals surface area (Å²) in [7, 11) is 0. The van der Waals surface area contributed by atoms with E-state index < -0.39 is 11.9 Å². The lowest BCUT2D eigenvalue weighted by atomic mass is 9.92. The number of benzene rings is 1. The van der Waals surface area contributed by atoms with Crippen LogP contribution in [-0.4, -0.2) is 98.6 Å². The first kappa shape index (κ1) is 30.6. The van der Waals surface area contributed by atoms with E-state index >= 15 is 0 Å². The average molecular weight is 585 g/mol. The Hall–Kier alpha value is -3.38. The number of rotatable bonds is 14. The standard InChI is InChI=1S/C28H34ClFN8O3/c1-20(39)26-25(19-38-11-9-37(10-12-38)13-15-41-17-16-40-14-8-33-36-31)34-28(24-4-2-3-7-32-24)35-27(26)22-6-5-21(30)18-23(22)29/h2-7,18,27H,8-17,19H2,1H3,(H,34,35). The van der Waals surface area contributed by atoms with Gasteiger partial charge < -0.3 is 14.8 Å². The third-order valence-corrected chi connectivity index (χ3v) is 7.17. The largest absolute Gasteiger partial charge is 0.379 e. The van der Waals surface area contributed by atoms with Crippen LogP contribution in [0.5, 0.6) is 0 Å². The van der Waals surface area contributed by atoms with E-state index in [4.69, 9.17) is 31.6 Å². The van der Waals surface area contributed by atoms with Gasteiger partial charge in [-0.3, -0.25) is 24.6 Å². The van der Waals surface area contributed by atoms with E-state index in [9.17, 15) is 9.18 Å². The first-order valence-corrected chi connectivity index (χ1v) is 13.9. The van der Waals surface area contributed by atoms with Crippen molar-refractivity contribution in [3.63, 3.8) is 0 Å². The molecule has 0 aliphatic carbocycles. The number of carbonyl (C=O) groups is 1. The number of nitrogens with zero attached hydrogens (tertiary/aromatic N) is 7. The van der Waals surface area contributed by atoms with Crippen LogP contribution < -0.4 is 5.32 Å². The molecule has 4 rings (SSSR count). The van der Waals surface area contributed by atoms with Crippen molar-refractivity contribution in [2.24, 2.45) is 10.1 Å². The van der Waals surface area contributed by atoms with Crippen LogP contribution in [-0.2, 0) is 14.3 Å². The third kappa shape index (κ3) is 8.80. The second kappa shape index (κ2) is 15.6. The molecule has 41 heavy (non-hydrogen) atoms. The van der Waals surface area contributed by atoms with E-state index in [2.05, 4.69) is 30.1 Å². The quantitative estimate of drug-likeness (QED) is 0.155. The highest BCUT2D eigenvalue weighted by Gasteiger charge is 2.32. The van der Waals surface area contributed by atoms with E-state index in [1.165, 1.54) is 19.1 Å².